The fourth-order valence-electron chi connectivity index (χ4n) is 1.07. The molecule has 1 heterocycles. The molecule has 3 heteroatoms. The van der Waals surface area contributed by atoms with Crippen LogP contribution in [0.25, 0.3) is 0 Å². The van der Waals surface area contributed by atoms with Crippen molar-refractivity contribution in [3.8, 4) is 0 Å². The molecule has 0 aromatic carbocycles. The normalized spacial score (nSPS) is 26.3. The van der Waals surface area contributed by atoms with E-state index in [0.29, 0.717) is 6.42 Å². The summed E-state index contributed by atoms with van der Waals surface area (Å²) < 4.78 is 5.31. The minimum absolute atomic E-state index is 0.117. The number of hydrogen-bond donors (Lipinski definition) is 1. The monoisotopic (exact) mass is 143 g/mol. The molecule has 58 valence electrons. The Bertz CT molecular complexity index is 119. The molecule has 1 rings (SSSR count). The highest BCUT2D eigenvalue weighted by Crippen LogP contribution is 2.00. The van der Waals surface area contributed by atoms with Gasteiger partial charge in [-0.15, -0.1) is 0 Å². The lowest BCUT2D eigenvalue weighted by Gasteiger charge is -2.22. The minimum Gasteiger partial charge on any atom is -0.375 e. The first-order valence-corrected chi connectivity index (χ1v) is 3.61. The summed E-state index contributed by atoms with van der Waals surface area (Å²) in [6.45, 7) is 4.06. The molecular formula is C7H13NO2. The van der Waals surface area contributed by atoms with Gasteiger partial charge in [0, 0.05) is 19.5 Å². The number of ether oxygens (including phenoxy) is 1. The van der Waals surface area contributed by atoms with E-state index in [0.717, 1.165) is 19.7 Å². The summed E-state index contributed by atoms with van der Waals surface area (Å²) in [5.74, 6) is 0.203. The van der Waals surface area contributed by atoms with Gasteiger partial charge in [0.1, 0.15) is 5.78 Å². The summed E-state index contributed by atoms with van der Waals surface area (Å²) in [6, 6.07) is 0. The molecule has 0 saturated carbocycles. The van der Waals surface area contributed by atoms with Crippen molar-refractivity contribution in [1.29, 1.82) is 0 Å². The van der Waals surface area contributed by atoms with E-state index >= 15 is 0 Å². The lowest BCUT2D eigenvalue weighted by Crippen LogP contribution is -2.39. The van der Waals surface area contributed by atoms with Crippen LogP contribution in [0.2, 0.25) is 0 Å². The second-order valence-electron chi connectivity index (χ2n) is 2.60. The highest BCUT2D eigenvalue weighted by atomic mass is 16.5. The van der Waals surface area contributed by atoms with Crippen molar-refractivity contribution in [2.24, 2.45) is 0 Å². The Kier molecular flexibility index (Phi) is 2.83. The van der Waals surface area contributed by atoms with E-state index in [2.05, 4.69) is 5.32 Å². The highest BCUT2D eigenvalue weighted by molar-refractivity contribution is 5.76. The maximum atomic E-state index is 10.6. The van der Waals surface area contributed by atoms with Crippen molar-refractivity contribution >= 4 is 5.78 Å². The second kappa shape index (κ2) is 3.68. The van der Waals surface area contributed by atoms with Gasteiger partial charge >= 0.3 is 0 Å². The number of carbonyl (C=O) groups is 1. The van der Waals surface area contributed by atoms with Crippen LogP contribution >= 0.6 is 0 Å². The van der Waals surface area contributed by atoms with Crippen molar-refractivity contribution in [2.45, 2.75) is 19.4 Å². The number of Topliss-reactive ketones (excluding diaryl/α,β-unsaturated/α-hetero) is 1. The molecule has 0 aliphatic carbocycles. The molecule has 0 radical (unpaired) electrons. The zero-order valence-corrected chi connectivity index (χ0v) is 6.22. The molecule has 1 saturated heterocycles. The van der Waals surface area contributed by atoms with Crippen LogP contribution in [0.3, 0.4) is 0 Å². The molecule has 1 aliphatic rings. The SMILES string of the molecule is CC(=O)CC1CNCCO1. The average molecular weight is 143 g/mol. The van der Waals surface area contributed by atoms with Gasteiger partial charge in [0.05, 0.1) is 12.7 Å². The van der Waals surface area contributed by atoms with E-state index < -0.39 is 0 Å². The smallest absolute Gasteiger partial charge is 0.132 e. The van der Waals surface area contributed by atoms with Crippen molar-refractivity contribution < 1.29 is 9.53 Å². The van der Waals surface area contributed by atoms with Crippen LogP contribution in [0, 0.1) is 0 Å². The third kappa shape index (κ3) is 2.45. The van der Waals surface area contributed by atoms with Gasteiger partial charge in [0.15, 0.2) is 0 Å². The summed E-state index contributed by atoms with van der Waals surface area (Å²) in [5, 5.41) is 3.16. The summed E-state index contributed by atoms with van der Waals surface area (Å²) in [5.41, 5.74) is 0. The molecular weight excluding hydrogens is 130 g/mol. The van der Waals surface area contributed by atoms with Gasteiger partial charge in [-0.2, -0.15) is 0 Å². The molecule has 1 aliphatic heterocycles. The topological polar surface area (TPSA) is 38.3 Å². The standard InChI is InChI=1S/C7H13NO2/c1-6(9)4-7-5-8-2-3-10-7/h7-8H,2-5H2,1H3. The van der Waals surface area contributed by atoms with Crippen LogP contribution in [-0.4, -0.2) is 31.6 Å². The van der Waals surface area contributed by atoms with Crippen LogP contribution in [0.1, 0.15) is 13.3 Å². The van der Waals surface area contributed by atoms with E-state index in [9.17, 15) is 4.79 Å². The highest BCUT2D eigenvalue weighted by Gasteiger charge is 2.14. The van der Waals surface area contributed by atoms with Crippen molar-refractivity contribution in [2.75, 3.05) is 19.7 Å². The van der Waals surface area contributed by atoms with Gasteiger partial charge in [0.2, 0.25) is 0 Å². The molecule has 3 nitrogen and oxygen atoms in total. The minimum atomic E-state index is 0.117. The summed E-state index contributed by atoms with van der Waals surface area (Å²) >= 11 is 0. The molecule has 10 heavy (non-hydrogen) atoms. The first kappa shape index (κ1) is 7.69. The van der Waals surface area contributed by atoms with Gasteiger partial charge < -0.3 is 10.1 Å². The van der Waals surface area contributed by atoms with Crippen molar-refractivity contribution in [3.63, 3.8) is 0 Å². The fraction of sp³-hybridized carbons (Fsp3) is 0.857. The van der Waals surface area contributed by atoms with Crippen LogP contribution in [0.15, 0.2) is 0 Å². The predicted octanol–water partition coefficient (Wildman–Crippen LogP) is -0.0461. The maximum absolute atomic E-state index is 10.6. The zero-order chi connectivity index (χ0) is 7.40. The quantitative estimate of drug-likeness (QED) is 0.589. The van der Waals surface area contributed by atoms with E-state index in [1.165, 1.54) is 0 Å². The van der Waals surface area contributed by atoms with E-state index in [1.54, 1.807) is 6.92 Å². The molecule has 0 aromatic rings. The van der Waals surface area contributed by atoms with Crippen molar-refractivity contribution in [3.05, 3.63) is 0 Å². The number of carbonyl (C=O) groups excluding carboxylic acids is 1. The molecule has 1 N–H and O–H groups in total. The van der Waals surface area contributed by atoms with Gasteiger partial charge in [-0.1, -0.05) is 0 Å². The molecule has 1 fully saturated rings. The Labute approximate surface area is 60.7 Å². The number of rotatable bonds is 2. The Morgan fingerprint density at radius 2 is 2.60 bits per heavy atom. The number of hydrogen-bond acceptors (Lipinski definition) is 3. The Balaban J connectivity index is 2.19. The molecule has 1 unspecified atom stereocenters. The van der Waals surface area contributed by atoms with Crippen LogP contribution in [0.4, 0.5) is 0 Å². The second-order valence-corrected chi connectivity index (χ2v) is 2.60. The molecule has 0 amide bonds. The summed E-state index contributed by atoms with van der Waals surface area (Å²) in [6.07, 6.45) is 0.666. The Hall–Kier alpha value is -0.410. The first-order chi connectivity index (χ1) is 4.79. The third-order valence-corrected chi connectivity index (χ3v) is 1.52. The Morgan fingerprint density at radius 3 is 3.10 bits per heavy atom. The largest absolute Gasteiger partial charge is 0.375 e. The maximum Gasteiger partial charge on any atom is 0.132 e. The van der Waals surface area contributed by atoms with E-state index in [1.807, 2.05) is 0 Å². The number of nitrogens with one attached hydrogen (secondary N) is 1. The van der Waals surface area contributed by atoms with Gasteiger partial charge in [-0.05, 0) is 6.92 Å². The first-order valence-electron chi connectivity index (χ1n) is 3.61. The lowest BCUT2D eigenvalue weighted by molar-refractivity contribution is -0.120. The van der Waals surface area contributed by atoms with Crippen LogP contribution in [-0.2, 0) is 9.53 Å². The van der Waals surface area contributed by atoms with Crippen LogP contribution < -0.4 is 5.32 Å². The van der Waals surface area contributed by atoms with Gasteiger partial charge in [0.25, 0.3) is 0 Å². The van der Waals surface area contributed by atoms with Gasteiger partial charge in [-0.25, -0.2) is 0 Å². The number of ketones is 1. The molecule has 1 atom stereocenters. The van der Waals surface area contributed by atoms with E-state index in [4.69, 9.17) is 4.74 Å². The predicted molar refractivity (Wildman–Crippen MR) is 37.9 cm³/mol. The van der Waals surface area contributed by atoms with Crippen molar-refractivity contribution in [1.82, 2.24) is 5.32 Å². The van der Waals surface area contributed by atoms with E-state index in [-0.39, 0.29) is 11.9 Å². The third-order valence-electron chi connectivity index (χ3n) is 1.52. The summed E-state index contributed by atoms with van der Waals surface area (Å²) in [7, 11) is 0. The molecule has 0 bridgehead atoms. The van der Waals surface area contributed by atoms with Crippen LogP contribution in [0.5, 0.6) is 0 Å². The summed E-state index contributed by atoms with van der Waals surface area (Å²) in [4.78, 5) is 10.6. The Morgan fingerprint density at radius 1 is 1.80 bits per heavy atom. The number of morpholine rings is 1. The average Bonchev–Trinajstić information content (AvgIpc) is 1.88. The zero-order valence-electron chi connectivity index (χ0n) is 6.22. The fourth-order valence-corrected chi connectivity index (χ4v) is 1.07. The lowest BCUT2D eigenvalue weighted by atomic mass is 10.2. The molecule has 0 aromatic heterocycles. The molecule has 0 spiro atoms. The van der Waals surface area contributed by atoms with Gasteiger partial charge in [-0.3, -0.25) is 4.79 Å².